The van der Waals surface area contributed by atoms with Crippen molar-refractivity contribution in [3.05, 3.63) is 0 Å². The molecule has 1 heterocycles. The van der Waals surface area contributed by atoms with E-state index in [1.54, 1.807) is 14.0 Å². The lowest BCUT2D eigenvalue weighted by molar-refractivity contribution is -0.0306. The van der Waals surface area contributed by atoms with Crippen LogP contribution in [-0.4, -0.2) is 55.9 Å². The maximum Gasteiger partial charge on any atom is 0.281 e. The average molecular weight is 329 g/mol. The minimum absolute atomic E-state index is 0.192. The van der Waals surface area contributed by atoms with Crippen LogP contribution in [0.4, 0.5) is 0 Å². The van der Waals surface area contributed by atoms with E-state index in [-0.39, 0.29) is 18.6 Å². The fourth-order valence-electron chi connectivity index (χ4n) is 3.21. The predicted octanol–water partition coefficient (Wildman–Crippen LogP) is 1.75. The molecule has 1 atom stereocenters. The summed E-state index contributed by atoms with van der Waals surface area (Å²) in [5, 5.41) is 8.83. The maximum atomic E-state index is 12.5. The van der Waals surface area contributed by atoms with Gasteiger partial charge >= 0.3 is 0 Å². The predicted molar refractivity (Wildman–Crippen MR) is 84.3 cm³/mol. The summed E-state index contributed by atoms with van der Waals surface area (Å²) < 4.78 is 33.9. The molecule has 0 aromatic rings. The van der Waals surface area contributed by atoms with Gasteiger partial charge in [0.25, 0.3) is 10.2 Å². The van der Waals surface area contributed by atoms with Crippen LogP contribution in [0.25, 0.3) is 0 Å². The zero-order valence-electron chi connectivity index (χ0n) is 13.6. The fourth-order valence-corrected chi connectivity index (χ4v) is 4.69. The first kappa shape index (κ1) is 17.7. The molecule has 0 aromatic carbocycles. The molecule has 1 saturated carbocycles. The second-order valence-electron chi connectivity index (χ2n) is 6.46. The van der Waals surface area contributed by atoms with Gasteiger partial charge in [-0.3, -0.25) is 0 Å². The first-order chi connectivity index (χ1) is 10.4. The number of hydrogen-bond acceptors (Lipinski definition) is 4. The molecule has 0 spiro atoms. The van der Waals surface area contributed by atoms with Crippen LogP contribution in [0.2, 0.25) is 0 Å². The number of nitriles is 1. The molecule has 6 nitrogen and oxygen atoms in total. The molecule has 2 fully saturated rings. The van der Waals surface area contributed by atoms with Gasteiger partial charge in [0.1, 0.15) is 0 Å². The van der Waals surface area contributed by atoms with Gasteiger partial charge in [0.05, 0.1) is 24.2 Å². The molecule has 0 bridgehead atoms. The first-order valence-electron chi connectivity index (χ1n) is 8.20. The Morgan fingerprint density at radius 1 is 1.23 bits per heavy atom. The Morgan fingerprint density at radius 3 is 2.32 bits per heavy atom. The zero-order valence-corrected chi connectivity index (χ0v) is 14.4. The van der Waals surface area contributed by atoms with Crippen molar-refractivity contribution in [2.75, 3.05) is 26.7 Å². The topological polar surface area (TPSA) is 73.6 Å². The molecule has 1 saturated heterocycles. The summed E-state index contributed by atoms with van der Waals surface area (Å²) in [6.07, 6.45) is 6.89. The second-order valence-corrected chi connectivity index (χ2v) is 8.49. The summed E-state index contributed by atoms with van der Waals surface area (Å²) in [5.41, 5.74) is 0. The van der Waals surface area contributed by atoms with E-state index in [0.717, 1.165) is 25.7 Å². The lowest BCUT2D eigenvalue weighted by atomic mass is 10.1. The molecule has 0 N–H and O–H groups in total. The van der Waals surface area contributed by atoms with Crippen molar-refractivity contribution in [3.8, 4) is 6.07 Å². The molecule has 0 aromatic heterocycles. The van der Waals surface area contributed by atoms with Gasteiger partial charge in [-0.15, -0.1) is 0 Å². The normalized spacial score (nSPS) is 23.7. The van der Waals surface area contributed by atoms with E-state index in [1.807, 2.05) is 0 Å². The molecular weight excluding hydrogens is 302 g/mol. The molecule has 1 aliphatic carbocycles. The largest absolute Gasteiger partial charge is 0.375 e. The summed E-state index contributed by atoms with van der Waals surface area (Å²) in [4.78, 5) is 0. The van der Waals surface area contributed by atoms with Crippen LogP contribution >= 0.6 is 0 Å². The SMILES string of the molecule is C[C@@H](C#N)CN(C)S(=O)(=O)N1CCC(OC2CCCC2)CC1. The Bertz CT molecular complexity index is 489. The molecule has 126 valence electrons. The van der Waals surface area contributed by atoms with Gasteiger partial charge in [-0.1, -0.05) is 12.8 Å². The van der Waals surface area contributed by atoms with Crippen LogP contribution < -0.4 is 0 Å². The zero-order chi connectivity index (χ0) is 16.2. The van der Waals surface area contributed by atoms with E-state index in [9.17, 15) is 8.42 Å². The third-order valence-electron chi connectivity index (χ3n) is 4.56. The molecule has 7 heteroatoms. The van der Waals surface area contributed by atoms with Crippen LogP contribution in [0, 0.1) is 17.2 Å². The van der Waals surface area contributed by atoms with Gasteiger partial charge < -0.3 is 4.74 Å². The van der Waals surface area contributed by atoms with E-state index >= 15 is 0 Å². The van der Waals surface area contributed by atoms with Crippen molar-refractivity contribution in [2.24, 2.45) is 5.92 Å². The first-order valence-corrected chi connectivity index (χ1v) is 9.59. The van der Waals surface area contributed by atoms with Gasteiger partial charge in [0.15, 0.2) is 0 Å². The number of ether oxygens (including phenoxy) is 1. The average Bonchev–Trinajstić information content (AvgIpc) is 3.00. The number of piperidine rings is 1. The van der Waals surface area contributed by atoms with Gasteiger partial charge in [0, 0.05) is 26.7 Å². The maximum absolute atomic E-state index is 12.5. The third-order valence-corrected chi connectivity index (χ3v) is 6.51. The van der Waals surface area contributed by atoms with E-state index < -0.39 is 10.2 Å². The molecule has 0 amide bonds. The lowest BCUT2D eigenvalue weighted by Gasteiger charge is -2.34. The van der Waals surface area contributed by atoms with E-state index in [4.69, 9.17) is 10.00 Å². The standard InChI is InChI=1S/C15H27N3O3S/c1-13(11-16)12-17(2)22(19,20)18-9-7-15(8-10-18)21-14-5-3-4-6-14/h13-15H,3-10,12H2,1-2H3/t13-/m0/s1. The van der Waals surface area contributed by atoms with Crippen molar-refractivity contribution < 1.29 is 13.2 Å². The van der Waals surface area contributed by atoms with Crippen LogP contribution in [-0.2, 0) is 14.9 Å². The Labute approximate surface area is 134 Å². The van der Waals surface area contributed by atoms with E-state index in [0.29, 0.717) is 19.2 Å². The van der Waals surface area contributed by atoms with E-state index in [1.165, 1.54) is 21.5 Å². The van der Waals surface area contributed by atoms with Crippen LogP contribution in [0.5, 0.6) is 0 Å². The monoisotopic (exact) mass is 329 g/mol. The van der Waals surface area contributed by atoms with Crippen LogP contribution in [0.1, 0.15) is 45.4 Å². The Morgan fingerprint density at radius 2 is 1.77 bits per heavy atom. The van der Waals surface area contributed by atoms with Crippen molar-refractivity contribution in [1.29, 1.82) is 5.26 Å². The van der Waals surface area contributed by atoms with E-state index in [2.05, 4.69) is 6.07 Å². The third kappa shape index (κ3) is 4.42. The highest BCUT2D eigenvalue weighted by Gasteiger charge is 2.33. The molecule has 22 heavy (non-hydrogen) atoms. The molecule has 0 radical (unpaired) electrons. The Balaban J connectivity index is 1.83. The highest BCUT2D eigenvalue weighted by molar-refractivity contribution is 7.86. The fraction of sp³-hybridized carbons (Fsp3) is 0.933. The van der Waals surface area contributed by atoms with Gasteiger partial charge in [0.2, 0.25) is 0 Å². The van der Waals surface area contributed by atoms with Gasteiger partial charge in [-0.05, 0) is 32.6 Å². The van der Waals surface area contributed by atoms with Crippen LogP contribution in [0.3, 0.4) is 0 Å². The number of rotatable bonds is 6. The summed E-state index contributed by atoms with van der Waals surface area (Å²) in [6.45, 7) is 2.97. The molecular formula is C15H27N3O3S. The highest BCUT2D eigenvalue weighted by Crippen LogP contribution is 2.26. The minimum Gasteiger partial charge on any atom is -0.375 e. The Kier molecular flexibility index (Phi) is 6.21. The minimum atomic E-state index is -3.46. The van der Waals surface area contributed by atoms with Gasteiger partial charge in [-0.25, -0.2) is 0 Å². The lowest BCUT2D eigenvalue weighted by Crippen LogP contribution is -2.48. The summed E-state index contributed by atoms with van der Waals surface area (Å²) in [5.74, 6) is -0.303. The van der Waals surface area contributed by atoms with Crippen molar-refractivity contribution in [3.63, 3.8) is 0 Å². The second kappa shape index (κ2) is 7.73. The molecule has 2 rings (SSSR count). The molecule has 0 unspecified atom stereocenters. The smallest absolute Gasteiger partial charge is 0.281 e. The summed E-state index contributed by atoms with van der Waals surface area (Å²) in [6, 6.07) is 2.07. The number of nitrogens with zero attached hydrogens (tertiary/aromatic N) is 3. The molecule has 2 aliphatic rings. The van der Waals surface area contributed by atoms with Crippen molar-refractivity contribution in [1.82, 2.24) is 8.61 Å². The quantitative estimate of drug-likeness (QED) is 0.744. The summed E-state index contributed by atoms with van der Waals surface area (Å²) >= 11 is 0. The number of hydrogen-bond donors (Lipinski definition) is 0. The van der Waals surface area contributed by atoms with Gasteiger partial charge in [-0.2, -0.15) is 22.3 Å². The van der Waals surface area contributed by atoms with Crippen molar-refractivity contribution in [2.45, 2.75) is 57.7 Å². The Hall–Kier alpha value is -0.680. The highest BCUT2D eigenvalue weighted by atomic mass is 32.2. The summed E-state index contributed by atoms with van der Waals surface area (Å²) in [7, 11) is -1.91. The van der Waals surface area contributed by atoms with Crippen molar-refractivity contribution >= 4 is 10.2 Å². The molecule has 1 aliphatic heterocycles. The van der Waals surface area contributed by atoms with Crippen LogP contribution in [0.15, 0.2) is 0 Å².